The number of hydrogen-bond acceptors (Lipinski definition) is 2. The van der Waals surface area contributed by atoms with Crippen molar-refractivity contribution in [1.82, 2.24) is 5.32 Å². The van der Waals surface area contributed by atoms with Crippen LogP contribution in [0.25, 0.3) is 0 Å². The summed E-state index contributed by atoms with van der Waals surface area (Å²) in [6, 6.07) is 2.06. The SMILES string of the molecule is N#CC(NC(=O)CC1CCCCCC1)C1CCCCC1. The van der Waals surface area contributed by atoms with Gasteiger partial charge in [0.05, 0.1) is 6.07 Å². The van der Waals surface area contributed by atoms with Crippen LogP contribution < -0.4 is 5.32 Å². The van der Waals surface area contributed by atoms with Gasteiger partial charge in [0.2, 0.25) is 5.91 Å². The summed E-state index contributed by atoms with van der Waals surface area (Å²) in [5.74, 6) is 1.03. The Morgan fingerprint density at radius 2 is 1.55 bits per heavy atom. The van der Waals surface area contributed by atoms with Gasteiger partial charge in [-0.15, -0.1) is 0 Å². The largest absolute Gasteiger partial charge is 0.340 e. The van der Waals surface area contributed by atoms with Crippen LogP contribution in [0.5, 0.6) is 0 Å². The molecule has 0 aromatic heterocycles. The molecule has 0 aromatic rings. The maximum atomic E-state index is 12.2. The third-order valence-corrected chi connectivity index (χ3v) is 5.03. The number of carbonyl (C=O) groups is 1. The first-order valence-corrected chi connectivity index (χ1v) is 8.48. The van der Waals surface area contributed by atoms with E-state index >= 15 is 0 Å². The Morgan fingerprint density at radius 1 is 1.00 bits per heavy atom. The second-order valence-electron chi connectivity index (χ2n) is 6.63. The van der Waals surface area contributed by atoms with E-state index in [0.29, 0.717) is 18.3 Å². The van der Waals surface area contributed by atoms with Crippen molar-refractivity contribution in [3.63, 3.8) is 0 Å². The minimum absolute atomic E-state index is 0.106. The lowest BCUT2D eigenvalue weighted by atomic mass is 9.84. The summed E-state index contributed by atoms with van der Waals surface area (Å²) in [7, 11) is 0. The number of nitrogens with zero attached hydrogens (tertiary/aromatic N) is 1. The summed E-state index contributed by atoms with van der Waals surface area (Å²) in [4.78, 5) is 12.2. The highest BCUT2D eigenvalue weighted by Gasteiger charge is 2.25. The monoisotopic (exact) mass is 276 g/mol. The van der Waals surface area contributed by atoms with Crippen LogP contribution in [-0.2, 0) is 4.79 Å². The van der Waals surface area contributed by atoms with Gasteiger partial charge in [0.15, 0.2) is 0 Å². The van der Waals surface area contributed by atoms with Crippen molar-refractivity contribution in [3.05, 3.63) is 0 Å². The van der Waals surface area contributed by atoms with Gasteiger partial charge in [0.1, 0.15) is 6.04 Å². The molecular formula is C17H28N2O. The number of hydrogen-bond donors (Lipinski definition) is 1. The van der Waals surface area contributed by atoms with Gasteiger partial charge < -0.3 is 5.32 Å². The zero-order valence-corrected chi connectivity index (χ0v) is 12.6. The van der Waals surface area contributed by atoms with E-state index in [4.69, 9.17) is 0 Å². The van der Waals surface area contributed by atoms with Crippen LogP contribution >= 0.6 is 0 Å². The molecule has 0 aliphatic heterocycles. The van der Waals surface area contributed by atoms with Gasteiger partial charge in [-0.25, -0.2) is 0 Å². The number of nitriles is 1. The second kappa shape index (κ2) is 8.29. The summed E-state index contributed by atoms with van der Waals surface area (Å²) in [6.45, 7) is 0. The number of rotatable bonds is 4. The molecule has 2 aliphatic rings. The Morgan fingerprint density at radius 3 is 2.15 bits per heavy atom. The molecule has 1 amide bonds. The fourth-order valence-electron chi connectivity index (χ4n) is 3.79. The van der Waals surface area contributed by atoms with Crippen molar-refractivity contribution in [2.75, 3.05) is 0 Å². The van der Waals surface area contributed by atoms with Gasteiger partial charge in [-0.05, 0) is 37.5 Å². The topological polar surface area (TPSA) is 52.9 Å². The lowest BCUT2D eigenvalue weighted by Crippen LogP contribution is -2.40. The van der Waals surface area contributed by atoms with Crippen molar-refractivity contribution >= 4 is 5.91 Å². The summed E-state index contributed by atoms with van der Waals surface area (Å²) >= 11 is 0. The zero-order valence-electron chi connectivity index (χ0n) is 12.6. The molecule has 2 aliphatic carbocycles. The Labute approximate surface area is 123 Å². The highest BCUT2D eigenvalue weighted by atomic mass is 16.1. The third-order valence-electron chi connectivity index (χ3n) is 5.03. The van der Waals surface area contributed by atoms with E-state index in [-0.39, 0.29) is 11.9 Å². The van der Waals surface area contributed by atoms with Gasteiger partial charge in [-0.2, -0.15) is 5.26 Å². The average molecular weight is 276 g/mol. The van der Waals surface area contributed by atoms with Crippen LogP contribution in [-0.4, -0.2) is 11.9 Å². The standard InChI is InChI=1S/C17H28N2O/c18-13-16(15-10-6-3-7-11-15)19-17(20)12-14-8-4-1-2-5-9-14/h14-16H,1-12H2,(H,19,20). The molecule has 0 spiro atoms. The van der Waals surface area contributed by atoms with Crippen LogP contribution in [0.3, 0.4) is 0 Å². The van der Waals surface area contributed by atoms with Crippen molar-refractivity contribution in [1.29, 1.82) is 5.26 Å². The molecule has 1 unspecified atom stereocenters. The van der Waals surface area contributed by atoms with Crippen LogP contribution in [0.2, 0.25) is 0 Å². The molecule has 0 heterocycles. The molecule has 2 fully saturated rings. The molecule has 0 saturated heterocycles. The maximum Gasteiger partial charge on any atom is 0.221 e. The van der Waals surface area contributed by atoms with Gasteiger partial charge in [0.25, 0.3) is 0 Å². The lowest BCUT2D eigenvalue weighted by molar-refractivity contribution is -0.122. The van der Waals surface area contributed by atoms with Crippen molar-refractivity contribution in [3.8, 4) is 6.07 Å². The van der Waals surface area contributed by atoms with Crippen molar-refractivity contribution < 1.29 is 4.79 Å². The van der Waals surface area contributed by atoms with Gasteiger partial charge in [-0.3, -0.25) is 4.79 Å². The first-order valence-electron chi connectivity index (χ1n) is 8.48. The van der Waals surface area contributed by atoms with E-state index in [0.717, 1.165) is 12.8 Å². The predicted octanol–water partition coefficient (Wildman–Crippen LogP) is 3.94. The molecule has 0 radical (unpaired) electrons. The molecule has 3 nitrogen and oxygen atoms in total. The summed E-state index contributed by atoms with van der Waals surface area (Å²) in [5, 5.41) is 12.3. The zero-order chi connectivity index (χ0) is 14.2. The first kappa shape index (κ1) is 15.4. The normalized spacial score (nSPS) is 23.6. The van der Waals surface area contributed by atoms with Crippen LogP contribution in [0.15, 0.2) is 0 Å². The molecule has 3 heteroatoms. The van der Waals surface area contributed by atoms with Gasteiger partial charge in [-0.1, -0.05) is 44.9 Å². The fraction of sp³-hybridized carbons (Fsp3) is 0.882. The van der Waals surface area contributed by atoms with E-state index in [1.807, 2.05) is 0 Å². The van der Waals surface area contributed by atoms with Gasteiger partial charge in [0, 0.05) is 6.42 Å². The van der Waals surface area contributed by atoms with E-state index in [1.54, 1.807) is 0 Å². The average Bonchev–Trinajstić information content (AvgIpc) is 2.74. The minimum atomic E-state index is -0.256. The van der Waals surface area contributed by atoms with Crippen LogP contribution in [0.4, 0.5) is 0 Å². The molecule has 2 saturated carbocycles. The first-order chi connectivity index (χ1) is 9.79. The Hall–Kier alpha value is -1.04. The molecule has 112 valence electrons. The van der Waals surface area contributed by atoms with Crippen LogP contribution in [0.1, 0.15) is 77.0 Å². The summed E-state index contributed by atoms with van der Waals surface area (Å²) < 4.78 is 0. The lowest BCUT2D eigenvalue weighted by Gasteiger charge is -2.26. The quantitative estimate of drug-likeness (QED) is 0.791. The highest BCUT2D eigenvalue weighted by Crippen LogP contribution is 2.27. The molecule has 20 heavy (non-hydrogen) atoms. The fourth-order valence-corrected chi connectivity index (χ4v) is 3.79. The summed E-state index contributed by atoms with van der Waals surface area (Å²) in [5.41, 5.74) is 0. The number of carbonyl (C=O) groups excluding carboxylic acids is 1. The van der Waals surface area contributed by atoms with E-state index in [2.05, 4.69) is 11.4 Å². The predicted molar refractivity (Wildman–Crippen MR) is 79.9 cm³/mol. The smallest absolute Gasteiger partial charge is 0.221 e. The van der Waals surface area contributed by atoms with Gasteiger partial charge >= 0.3 is 0 Å². The molecule has 0 aromatic carbocycles. The van der Waals surface area contributed by atoms with E-state index < -0.39 is 0 Å². The molecule has 1 atom stereocenters. The third kappa shape index (κ3) is 4.81. The highest BCUT2D eigenvalue weighted by molar-refractivity contribution is 5.76. The van der Waals surface area contributed by atoms with Crippen molar-refractivity contribution in [2.24, 2.45) is 11.8 Å². The molecule has 1 N–H and O–H groups in total. The minimum Gasteiger partial charge on any atom is -0.340 e. The van der Waals surface area contributed by atoms with E-state index in [1.165, 1.54) is 57.8 Å². The van der Waals surface area contributed by atoms with E-state index in [9.17, 15) is 10.1 Å². The number of amides is 1. The molecular weight excluding hydrogens is 248 g/mol. The summed E-state index contributed by atoms with van der Waals surface area (Å²) in [6.07, 6.45) is 14.1. The maximum absolute atomic E-state index is 12.2. The molecule has 2 rings (SSSR count). The van der Waals surface area contributed by atoms with Crippen molar-refractivity contribution in [2.45, 2.75) is 83.1 Å². The number of nitrogens with one attached hydrogen (secondary N) is 1. The molecule has 0 bridgehead atoms. The second-order valence-corrected chi connectivity index (χ2v) is 6.63. The Kier molecular flexibility index (Phi) is 6.36. The Balaban J connectivity index is 1.77. The Bertz CT molecular complexity index is 333. The van der Waals surface area contributed by atoms with Crippen LogP contribution in [0, 0.1) is 23.2 Å².